The third-order valence-corrected chi connectivity index (χ3v) is 9.66. The molecule has 2 unspecified atom stereocenters. The fourth-order valence-electron chi connectivity index (χ4n) is 7.47. The Bertz CT molecular complexity index is 1590. The number of carbonyl (C=O) groups excluding carboxylic acids is 3. The molecule has 2 aromatic carbocycles. The maximum absolute atomic E-state index is 13.8. The van der Waals surface area contributed by atoms with Crippen molar-refractivity contribution in [2.75, 3.05) is 27.2 Å². The fourth-order valence-corrected chi connectivity index (χ4v) is 7.47. The number of aliphatic hydroxyl groups excluding tert-OH is 1. The number of aliphatic hydroxyl groups is 2. The summed E-state index contributed by atoms with van der Waals surface area (Å²) in [6, 6.07) is 12.0. The van der Waals surface area contributed by atoms with Gasteiger partial charge in [-0.05, 0) is 44.1 Å². The summed E-state index contributed by atoms with van der Waals surface area (Å²) >= 11 is 0. The number of nitrogens with zero attached hydrogens (tertiary/aromatic N) is 1. The molecule has 1 spiro atoms. The molecule has 0 aromatic heterocycles. The van der Waals surface area contributed by atoms with Crippen LogP contribution in [0.3, 0.4) is 0 Å². The monoisotopic (exact) mass is 636 g/mol. The summed E-state index contributed by atoms with van der Waals surface area (Å²) < 4.78 is 23.8. The molecule has 46 heavy (non-hydrogen) atoms. The molecule has 0 saturated carbocycles. The number of carboxylic acids is 1. The maximum Gasteiger partial charge on any atom is 0.357 e. The minimum atomic E-state index is -1.87. The number of esters is 2. The Morgan fingerprint density at radius 2 is 1.91 bits per heavy atom. The van der Waals surface area contributed by atoms with Gasteiger partial charge in [0.2, 0.25) is 12.0 Å². The number of likely N-dealkylation sites (tertiary alicyclic amines) is 1. The first kappa shape index (κ1) is 31.5. The lowest BCUT2D eigenvalue weighted by molar-refractivity contribution is -0.176. The molecular formula is C33H36N2O11. The van der Waals surface area contributed by atoms with Crippen LogP contribution < -0.4 is 14.8 Å². The summed E-state index contributed by atoms with van der Waals surface area (Å²) in [5, 5.41) is 32.9. The second-order valence-corrected chi connectivity index (χ2v) is 12.1. The molecule has 1 saturated heterocycles. The molecule has 13 heteroatoms. The number of carbonyl (C=O) groups is 4. The summed E-state index contributed by atoms with van der Waals surface area (Å²) in [5.74, 6) is -2.73. The van der Waals surface area contributed by atoms with Crippen molar-refractivity contribution in [1.29, 1.82) is 0 Å². The summed E-state index contributed by atoms with van der Waals surface area (Å²) in [6.07, 6.45) is -2.08. The van der Waals surface area contributed by atoms with Gasteiger partial charge in [0, 0.05) is 30.1 Å². The number of nitrogens with one attached hydrogen (secondary N) is 1. The van der Waals surface area contributed by atoms with Gasteiger partial charge in [0.25, 0.3) is 0 Å². The summed E-state index contributed by atoms with van der Waals surface area (Å²) in [4.78, 5) is 51.5. The molecule has 4 N–H and O–H groups in total. The number of amides is 1. The van der Waals surface area contributed by atoms with Gasteiger partial charge in [-0.3, -0.25) is 9.59 Å². The van der Waals surface area contributed by atoms with Crippen LogP contribution in [0.15, 0.2) is 54.3 Å². The average molecular weight is 637 g/mol. The van der Waals surface area contributed by atoms with Crippen LogP contribution in [0.2, 0.25) is 0 Å². The summed E-state index contributed by atoms with van der Waals surface area (Å²) in [7, 11) is 3.55. The lowest BCUT2D eigenvalue weighted by atomic mass is 9.50. The number of hydrogen-bond donors (Lipinski definition) is 4. The fraction of sp³-hybridized carbons (Fsp3) is 0.455. The molecule has 0 radical (unpaired) electrons. The normalized spacial score (nSPS) is 26.8. The van der Waals surface area contributed by atoms with Crippen LogP contribution in [-0.4, -0.2) is 95.1 Å². The molecule has 2 bridgehead atoms. The van der Waals surface area contributed by atoms with Crippen LogP contribution in [0, 0.1) is 0 Å². The van der Waals surface area contributed by atoms with Gasteiger partial charge in [0.05, 0.1) is 31.0 Å². The number of piperidine rings is 1. The van der Waals surface area contributed by atoms with Gasteiger partial charge < -0.3 is 44.5 Å². The van der Waals surface area contributed by atoms with Crippen molar-refractivity contribution in [3.63, 3.8) is 0 Å². The van der Waals surface area contributed by atoms with E-state index in [4.69, 9.17) is 24.1 Å². The van der Waals surface area contributed by atoms with E-state index in [1.54, 1.807) is 43.5 Å². The Hall–Kier alpha value is -4.46. The predicted octanol–water partition coefficient (Wildman–Crippen LogP) is 1.14. The SMILES string of the molecule is COc1ccc2c3c1OC1C(OC(=O)[C@H](OC(=O)CCNC(=O)C[C@H](O)C(=O)O)c4ccccc4)=CC[C@@]4(O)[C@@H](C2)N(C)CCC314. The van der Waals surface area contributed by atoms with Crippen molar-refractivity contribution in [3.8, 4) is 11.5 Å². The highest BCUT2D eigenvalue weighted by Gasteiger charge is 2.72. The van der Waals surface area contributed by atoms with Gasteiger partial charge in [-0.1, -0.05) is 36.4 Å². The quantitative estimate of drug-likeness (QED) is 0.259. The number of rotatable bonds is 11. The molecular weight excluding hydrogens is 600 g/mol. The predicted molar refractivity (Wildman–Crippen MR) is 159 cm³/mol. The first-order chi connectivity index (χ1) is 22.0. The Balaban J connectivity index is 1.23. The lowest BCUT2D eigenvalue weighted by Crippen LogP contribution is -2.74. The highest BCUT2D eigenvalue weighted by atomic mass is 16.6. The number of aliphatic carboxylic acids is 1. The highest BCUT2D eigenvalue weighted by Crippen LogP contribution is 2.65. The topological polar surface area (TPSA) is 181 Å². The van der Waals surface area contributed by atoms with E-state index in [0.29, 0.717) is 36.4 Å². The van der Waals surface area contributed by atoms with Gasteiger partial charge in [0.1, 0.15) is 5.76 Å². The van der Waals surface area contributed by atoms with Crippen LogP contribution >= 0.6 is 0 Å². The number of carboxylic acid groups (broad SMARTS) is 1. The third kappa shape index (κ3) is 5.08. The first-order valence-corrected chi connectivity index (χ1v) is 15.1. The molecule has 6 rings (SSSR count). The zero-order valence-corrected chi connectivity index (χ0v) is 25.4. The smallest absolute Gasteiger partial charge is 0.357 e. The molecule has 2 aliphatic heterocycles. The molecule has 1 amide bonds. The number of ether oxygens (including phenoxy) is 4. The van der Waals surface area contributed by atoms with E-state index in [1.165, 1.54) is 0 Å². The molecule has 2 heterocycles. The lowest BCUT2D eigenvalue weighted by Gasteiger charge is -2.61. The van der Waals surface area contributed by atoms with E-state index in [0.717, 1.165) is 11.1 Å². The minimum Gasteiger partial charge on any atom is -0.493 e. The van der Waals surface area contributed by atoms with Crippen LogP contribution in [0.25, 0.3) is 0 Å². The van der Waals surface area contributed by atoms with E-state index >= 15 is 0 Å². The van der Waals surface area contributed by atoms with Gasteiger partial charge in [-0.2, -0.15) is 0 Å². The molecule has 2 aliphatic carbocycles. The minimum absolute atomic E-state index is 0.182. The average Bonchev–Trinajstić information content (AvgIpc) is 3.39. The Morgan fingerprint density at radius 1 is 1.15 bits per heavy atom. The zero-order chi connectivity index (χ0) is 32.8. The largest absolute Gasteiger partial charge is 0.493 e. The second kappa shape index (κ2) is 12.0. The van der Waals surface area contributed by atoms with Crippen molar-refractivity contribution < 1.29 is 53.4 Å². The van der Waals surface area contributed by atoms with Crippen molar-refractivity contribution in [2.45, 2.75) is 67.5 Å². The zero-order valence-electron chi connectivity index (χ0n) is 25.4. The highest BCUT2D eigenvalue weighted by molar-refractivity contribution is 5.84. The van der Waals surface area contributed by atoms with Crippen molar-refractivity contribution in [1.82, 2.24) is 10.2 Å². The van der Waals surface area contributed by atoms with E-state index in [1.807, 2.05) is 19.2 Å². The number of hydrogen-bond acceptors (Lipinski definition) is 11. The van der Waals surface area contributed by atoms with E-state index in [2.05, 4.69) is 10.2 Å². The van der Waals surface area contributed by atoms with E-state index in [9.17, 15) is 29.4 Å². The Morgan fingerprint density at radius 3 is 2.63 bits per heavy atom. The number of likely N-dealkylation sites (N-methyl/N-ethyl adjacent to an activating group) is 1. The summed E-state index contributed by atoms with van der Waals surface area (Å²) in [6.45, 7) is 0.487. The molecule has 6 atom stereocenters. The van der Waals surface area contributed by atoms with E-state index in [-0.39, 0.29) is 31.2 Å². The van der Waals surface area contributed by atoms with Crippen LogP contribution in [0.1, 0.15) is 48.5 Å². The molecule has 2 aromatic rings. The molecule has 244 valence electrons. The van der Waals surface area contributed by atoms with Gasteiger partial charge in [0.15, 0.2) is 23.7 Å². The Kier molecular flexibility index (Phi) is 8.25. The van der Waals surface area contributed by atoms with Gasteiger partial charge in [-0.15, -0.1) is 0 Å². The molecule has 1 fully saturated rings. The van der Waals surface area contributed by atoms with Gasteiger partial charge in [-0.25, -0.2) is 9.59 Å². The number of methoxy groups -OCH3 is 1. The summed E-state index contributed by atoms with van der Waals surface area (Å²) in [5.41, 5.74) is 0.206. The first-order valence-electron chi connectivity index (χ1n) is 15.1. The molecule has 4 aliphatic rings. The van der Waals surface area contributed by atoms with Crippen molar-refractivity contribution in [3.05, 3.63) is 71.0 Å². The van der Waals surface area contributed by atoms with Crippen LogP contribution in [0.4, 0.5) is 0 Å². The van der Waals surface area contributed by atoms with E-state index < -0.39 is 59.6 Å². The third-order valence-electron chi connectivity index (χ3n) is 9.66. The van der Waals surface area contributed by atoms with Gasteiger partial charge >= 0.3 is 17.9 Å². The standard InChI is InChI=1S/C33H36N2O11/c1-35-15-13-32-26-19-8-9-21(43-2)28(26)46-29(32)22(10-12-33(32,42)23(35)16-19)44-31(41)27(18-6-4-3-5-7-18)45-25(38)11-14-34-24(37)17-20(36)30(39)40/h3-10,20,23,27,29,36,42H,11-17H2,1-2H3,(H,34,37)(H,39,40)/t20-,23+,27+,29?,32?,33+/m0/s1. The van der Waals surface area contributed by atoms with Crippen molar-refractivity contribution in [2.24, 2.45) is 0 Å². The maximum atomic E-state index is 13.8. The Labute approximate surface area is 264 Å². The molecule has 13 nitrogen and oxygen atoms in total. The number of benzene rings is 2. The van der Waals surface area contributed by atoms with Crippen LogP contribution in [-0.2, 0) is 40.5 Å². The van der Waals surface area contributed by atoms with Crippen molar-refractivity contribution >= 4 is 23.8 Å². The van der Waals surface area contributed by atoms with Crippen LogP contribution in [0.5, 0.6) is 11.5 Å². The second-order valence-electron chi connectivity index (χ2n) is 12.1.